The van der Waals surface area contributed by atoms with Crippen LogP contribution in [0.5, 0.6) is 0 Å². The van der Waals surface area contributed by atoms with Crippen molar-refractivity contribution in [2.45, 2.75) is 11.8 Å². The molecule has 1 N–H and O–H groups in total. The van der Waals surface area contributed by atoms with Gasteiger partial charge in [0.15, 0.2) is 0 Å². The molecule has 1 aromatic rings. The fraction of sp³-hybridized carbons (Fsp3) is 0.273. The Morgan fingerprint density at radius 3 is 2.72 bits per heavy atom. The van der Waals surface area contributed by atoms with E-state index >= 15 is 0 Å². The molecule has 1 aliphatic rings. The number of carbonyl (C=O) groups is 2. The zero-order valence-electron chi connectivity index (χ0n) is 8.99. The van der Waals surface area contributed by atoms with Crippen molar-refractivity contribution >= 4 is 45.1 Å². The number of amides is 1. The molecule has 0 aliphatic carbocycles. The first kappa shape index (κ1) is 13.3. The number of nitrogens with zero attached hydrogens (tertiary/aromatic N) is 1. The van der Waals surface area contributed by atoms with Crippen LogP contribution >= 0.6 is 27.5 Å². The maximum atomic E-state index is 13.2. The van der Waals surface area contributed by atoms with Crippen LogP contribution in [0, 0.1) is 5.82 Å². The van der Waals surface area contributed by atoms with E-state index in [1.54, 1.807) is 0 Å². The Morgan fingerprint density at radius 2 is 2.22 bits per heavy atom. The van der Waals surface area contributed by atoms with Gasteiger partial charge in [0.1, 0.15) is 5.82 Å². The third kappa shape index (κ3) is 2.35. The van der Waals surface area contributed by atoms with Gasteiger partial charge < -0.3 is 10.0 Å². The molecular weight excluding hydrogens is 328 g/mol. The average molecular weight is 337 g/mol. The van der Waals surface area contributed by atoms with Crippen LogP contribution in [0.1, 0.15) is 16.8 Å². The van der Waals surface area contributed by atoms with Gasteiger partial charge in [-0.2, -0.15) is 0 Å². The summed E-state index contributed by atoms with van der Waals surface area (Å²) in [5, 5.41) is 8.70. The predicted molar refractivity (Wildman–Crippen MR) is 67.7 cm³/mol. The van der Waals surface area contributed by atoms with Gasteiger partial charge in [0.05, 0.1) is 16.6 Å². The molecule has 1 unspecified atom stereocenters. The van der Waals surface area contributed by atoms with Gasteiger partial charge in [0.2, 0.25) is 5.91 Å². The number of benzene rings is 1. The van der Waals surface area contributed by atoms with Gasteiger partial charge in [-0.1, -0.05) is 0 Å². The summed E-state index contributed by atoms with van der Waals surface area (Å²) in [5.41, 5.74) is -0.113. The standard InChI is InChI=1S/C11H8BrClFNO3/c12-8-3-6(14)2-7(11(17)18)10(8)15-4-5(13)1-9(15)16/h2-3,5H,1,4H2,(H,17,18). The number of carboxylic acid groups (broad SMARTS) is 1. The van der Waals surface area contributed by atoms with Crippen LogP contribution in [0.3, 0.4) is 0 Å². The molecule has 4 nitrogen and oxygen atoms in total. The van der Waals surface area contributed by atoms with Crippen LogP contribution < -0.4 is 4.90 Å². The van der Waals surface area contributed by atoms with E-state index in [9.17, 15) is 14.0 Å². The number of alkyl halides is 1. The van der Waals surface area contributed by atoms with Crippen molar-refractivity contribution in [3.05, 3.63) is 28.0 Å². The second-order valence-corrected chi connectivity index (χ2v) is 5.37. The van der Waals surface area contributed by atoms with Crippen molar-refractivity contribution in [3.8, 4) is 0 Å². The Morgan fingerprint density at radius 1 is 1.56 bits per heavy atom. The minimum atomic E-state index is -1.30. The Bertz CT molecular complexity index is 537. The molecule has 0 spiro atoms. The van der Waals surface area contributed by atoms with Crippen LogP contribution in [-0.4, -0.2) is 28.9 Å². The molecule has 1 saturated heterocycles. The first-order valence-corrected chi connectivity index (χ1v) is 6.30. The second-order valence-electron chi connectivity index (χ2n) is 3.89. The maximum Gasteiger partial charge on any atom is 0.337 e. The molecule has 0 bridgehead atoms. The molecule has 1 aliphatic heterocycles. The van der Waals surface area contributed by atoms with Gasteiger partial charge >= 0.3 is 5.97 Å². The van der Waals surface area contributed by atoms with Gasteiger partial charge in [-0.25, -0.2) is 9.18 Å². The Hall–Kier alpha value is -1.14. The monoisotopic (exact) mass is 335 g/mol. The van der Waals surface area contributed by atoms with Crippen LogP contribution in [0.25, 0.3) is 0 Å². The molecule has 7 heteroatoms. The lowest BCUT2D eigenvalue weighted by Crippen LogP contribution is -2.27. The number of hydrogen-bond acceptors (Lipinski definition) is 2. The van der Waals surface area contributed by atoms with Crippen molar-refractivity contribution in [2.24, 2.45) is 0 Å². The highest BCUT2D eigenvalue weighted by atomic mass is 79.9. The van der Waals surface area contributed by atoms with Crippen molar-refractivity contribution in [3.63, 3.8) is 0 Å². The zero-order chi connectivity index (χ0) is 13.4. The van der Waals surface area contributed by atoms with Gasteiger partial charge in [0, 0.05) is 17.4 Å². The number of halogens is 3. The normalized spacial score (nSPS) is 19.4. The molecule has 1 amide bonds. The van der Waals surface area contributed by atoms with E-state index in [2.05, 4.69) is 15.9 Å². The number of hydrogen-bond donors (Lipinski definition) is 1. The van der Waals surface area contributed by atoms with E-state index in [4.69, 9.17) is 16.7 Å². The minimum Gasteiger partial charge on any atom is -0.478 e. The average Bonchev–Trinajstić information content (AvgIpc) is 2.56. The zero-order valence-corrected chi connectivity index (χ0v) is 11.3. The summed E-state index contributed by atoms with van der Waals surface area (Å²) in [6.07, 6.45) is 0.143. The fourth-order valence-corrected chi connectivity index (χ4v) is 2.80. The lowest BCUT2D eigenvalue weighted by atomic mass is 10.1. The minimum absolute atomic E-state index is 0.143. The van der Waals surface area contributed by atoms with Gasteiger partial charge in [-0.15, -0.1) is 11.6 Å². The quantitative estimate of drug-likeness (QED) is 0.845. The van der Waals surface area contributed by atoms with E-state index in [-0.39, 0.29) is 40.0 Å². The smallest absolute Gasteiger partial charge is 0.337 e. The van der Waals surface area contributed by atoms with Crippen molar-refractivity contribution in [1.82, 2.24) is 0 Å². The van der Waals surface area contributed by atoms with Crippen LogP contribution in [-0.2, 0) is 4.79 Å². The third-order valence-corrected chi connectivity index (χ3v) is 3.50. The summed E-state index contributed by atoms with van der Waals surface area (Å²) in [7, 11) is 0. The molecular formula is C11H8BrClFNO3. The van der Waals surface area contributed by atoms with Gasteiger partial charge in [-0.3, -0.25) is 4.79 Å². The summed E-state index contributed by atoms with van der Waals surface area (Å²) in [6.45, 7) is 0.213. The first-order valence-electron chi connectivity index (χ1n) is 5.07. The SMILES string of the molecule is O=C(O)c1cc(F)cc(Br)c1N1CC(Cl)CC1=O. The number of anilines is 1. The van der Waals surface area contributed by atoms with Crippen LogP contribution in [0.15, 0.2) is 16.6 Å². The van der Waals surface area contributed by atoms with E-state index < -0.39 is 11.8 Å². The summed E-state index contributed by atoms with van der Waals surface area (Å²) >= 11 is 8.95. The summed E-state index contributed by atoms with van der Waals surface area (Å²) in [6, 6.07) is 2.01. The number of carboxylic acids is 1. The molecule has 1 atom stereocenters. The molecule has 0 saturated carbocycles. The highest BCUT2D eigenvalue weighted by Crippen LogP contribution is 2.35. The molecule has 2 rings (SSSR count). The third-order valence-electron chi connectivity index (χ3n) is 2.61. The van der Waals surface area contributed by atoms with E-state index in [1.165, 1.54) is 4.90 Å². The highest BCUT2D eigenvalue weighted by molar-refractivity contribution is 9.10. The largest absolute Gasteiger partial charge is 0.478 e. The molecule has 1 heterocycles. The Balaban J connectivity index is 2.56. The molecule has 0 radical (unpaired) electrons. The highest BCUT2D eigenvalue weighted by Gasteiger charge is 2.33. The van der Waals surface area contributed by atoms with E-state index in [0.717, 1.165) is 12.1 Å². The van der Waals surface area contributed by atoms with Crippen LogP contribution in [0.4, 0.5) is 10.1 Å². The molecule has 0 aromatic heterocycles. The van der Waals surface area contributed by atoms with Crippen molar-refractivity contribution in [1.29, 1.82) is 0 Å². The molecule has 18 heavy (non-hydrogen) atoms. The predicted octanol–water partition coefficient (Wildman–Crippen LogP) is 2.63. The summed E-state index contributed by atoms with van der Waals surface area (Å²) in [4.78, 5) is 24.1. The summed E-state index contributed by atoms with van der Waals surface area (Å²) in [5.74, 6) is -2.25. The van der Waals surface area contributed by atoms with Gasteiger partial charge in [-0.05, 0) is 28.1 Å². The van der Waals surface area contributed by atoms with Gasteiger partial charge in [0.25, 0.3) is 0 Å². The fourth-order valence-electron chi connectivity index (χ4n) is 1.88. The Labute approximate surface area is 115 Å². The number of aromatic carboxylic acids is 1. The lowest BCUT2D eigenvalue weighted by Gasteiger charge is -2.20. The molecule has 96 valence electrons. The van der Waals surface area contributed by atoms with E-state index in [1.807, 2.05) is 0 Å². The molecule has 1 fully saturated rings. The second kappa shape index (κ2) is 4.85. The van der Waals surface area contributed by atoms with Crippen molar-refractivity contribution < 1.29 is 19.1 Å². The first-order chi connectivity index (χ1) is 8.40. The molecule has 1 aromatic carbocycles. The number of rotatable bonds is 2. The lowest BCUT2D eigenvalue weighted by molar-refractivity contribution is -0.117. The topological polar surface area (TPSA) is 57.6 Å². The van der Waals surface area contributed by atoms with E-state index in [0.29, 0.717) is 0 Å². The van der Waals surface area contributed by atoms with Crippen molar-refractivity contribution in [2.75, 3.05) is 11.4 Å². The summed E-state index contributed by atoms with van der Waals surface area (Å²) < 4.78 is 13.4. The Kier molecular flexibility index (Phi) is 3.59. The number of carbonyl (C=O) groups excluding carboxylic acids is 1. The van der Waals surface area contributed by atoms with Crippen LogP contribution in [0.2, 0.25) is 0 Å². The maximum absolute atomic E-state index is 13.2.